The van der Waals surface area contributed by atoms with Crippen molar-refractivity contribution >= 4 is 45.6 Å². The van der Waals surface area contributed by atoms with E-state index in [-0.39, 0.29) is 0 Å². The monoisotopic (exact) mass is 359 g/mol. The van der Waals surface area contributed by atoms with E-state index in [0.717, 1.165) is 14.8 Å². The minimum atomic E-state index is -0.862. The molecule has 0 aliphatic carbocycles. The minimum absolute atomic E-state index is 0.406. The number of carboxylic acid groups (broad SMARTS) is 1. The average molecular weight is 359 g/mol. The summed E-state index contributed by atoms with van der Waals surface area (Å²) in [6, 6.07) is 9.81. The zero-order chi connectivity index (χ0) is 12.3. The van der Waals surface area contributed by atoms with Crippen molar-refractivity contribution < 1.29 is 9.90 Å². The molecule has 0 aliphatic heterocycles. The quantitative estimate of drug-likeness (QED) is 0.820. The maximum absolute atomic E-state index is 10.9. The van der Waals surface area contributed by atoms with Gasteiger partial charge in [-0.1, -0.05) is 6.07 Å². The highest BCUT2D eigenvalue weighted by atomic mass is 127. The van der Waals surface area contributed by atoms with Crippen molar-refractivity contribution in [2.75, 3.05) is 5.32 Å². The van der Waals surface area contributed by atoms with Crippen LogP contribution in [-0.2, 0) is 6.54 Å². The van der Waals surface area contributed by atoms with Crippen molar-refractivity contribution in [2.45, 2.75) is 6.54 Å². The van der Waals surface area contributed by atoms with Crippen LogP contribution in [0.4, 0.5) is 5.69 Å². The summed E-state index contributed by atoms with van der Waals surface area (Å²) in [5.41, 5.74) is 1.82. The molecule has 0 bridgehead atoms. The number of hydrogen-bond acceptors (Lipinski definition) is 3. The number of benzene rings is 1. The molecule has 0 aliphatic rings. The Bertz CT molecular complexity index is 539. The molecule has 1 aromatic carbocycles. The third-order valence-electron chi connectivity index (χ3n) is 2.25. The van der Waals surface area contributed by atoms with Crippen LogP contribution in [0.1, 0.15) is 15.2 Å². The van der Waals surface area contributed by atoms with E-state index >= 15 is 0 Å². The topological polar surface area (TPSA) is 49.3 Å². The first kappa shape index (κ1) is 12.4. The molecule has 3 nitrogen and oxygen atoms in total. The Morgan fingerprint density at radius 3 is 2.94 bits per heavy atom. The van der Waals surface area contributed by atoms with E-state index in [1.54, 1.807) is 5.38 Å². The molecule has 0 unspecified atom stereocenters. The van der Waals surface area contributed by atoms with Crippen LogP contribution in [0.15, 0.2) is 35.7 Å². The van der Waals surface area contributed by atoms with Crippen molar-refractivity contribution in [1.82, 2.24) is 0 Å². The second kappa shape index (κ2) is 5.50. The predicted molar refractivity (Wildman–Crippen MR) is 77.8 cm³/mol. The second-order valence-electron chi connectivity index (χ2n) is 3.44. The van der Waals surface area contributed by atoms with E-state index in [1.165, 1.54) is 11.3 Å². The third kappa shape index (κ3) is 3.19. The first-order valence-electron chi connectivity index (χ1n) is 4.96. The number of hydrogen-bond donors (Lipinski definition) is 2. The average Bonchev–Trinajstić information content (AvgIpc) is 2.74. The van der Waals surface area contributed by atoms with Gasteiger partial charge in [0.05, 0.1) is 0 Å². The molecule has 0 amide bonds. The Morgan fingerprint density at radius 1 is 1.41 bits per heavy atom. The molecule has 17 heavy (non-hydrogen) atoms. The minimum Gasteiger partial charge on any atom is -0.477 e. The van der Waals surface area contributed by atoms with Gasteiger partial charge in [-0.2, -0.15) is 0 Å². The lowest BCUT2D eigenvalue weighted by Crippen LogP contribution is -2.03. The molecule has 2 N–H and O–H groups in total. The Kier molecular flexibility index (Phi) is 4.01. The maximum Gasteiger partial charge on any atom is 0.346 e. The molecule has 1 heterocycles. The predicted octanol–water partition coefficient (Wildman–Crippen LogP) is 3.66. The van der Waals surface area contributed by atoms with Gasteiger partial charge < -0.3 is 10.4 Å². The highest BCUT2D eigenvalue weighted by molar-refractivity contribution is 14.1. The summed E-state index contributed by atoms with van der Waals surface area (Å²) in [6.07, 6.45) is 0. The van der Waals surface area contributed by atoms with E-state index in [1.807, 2.05) is 30.3 Å². The fraction of sp³-hybridized carbons (Fsp3) is 0.0833. The smallest absolute Gasteiger partial charge is 0.346 e. The van der Waals surface area contributed by atoms with Crippen LogP contribution in [0.25, 0.3) is 0 Å². The summed E-state index contributed by atoms with van der Waals surface area (Å²) >= 11 is 3.50. The van der Waals surface area contributed by atoms with Gasteiger partial charge in [-0.25, -0.2) is 4.79 Å². The normalized spacial score (nSPS) is 10.2. The van der Waals surface area contributed by atoms with Crippen molar-refractivity contribution in [3.8, 4) is 0 Å². The zero-order valence-electron chi connectivity index (χ0n) is 8.81. The number of anilines is 1. The largest absolute Gasteiger partial charge is 0.477 e. The lowest BCUT2D eigenvalue weighted by Gasteiger charge is -2.06. The van der Waals surface area contributed by atoms with Gasteiger partial charge in [-0.15, -0.1) is 11.3 Å². The summed E-state index contributed by atoms with van der Waals surface area (Å²) in [4.78, 5) is 11.3. The van der Waals surface area contributed by atoms with Gasteiger partial charge in [-0.05, 0) is 57.8 Å². The van der Waals surface area contributed by atoms with Gasteiger partial charge in [0, 0.05) is 15.8 Å². The number of thiophene rings is 1. The van der Waals surface area contributed by atoms with Gasteiger partial charge in [0.15, 0.2) is 0 Å². The number of aromatic carboxylic acids is 1. The van der Waals surface area contributed by atoms with E-state index in [9.17, 15) is 4.79 Å². The van der Waals surface area contributed by atoms with Crippen LogP contribution in [0.3, 0.4) is 0 Å². The Morgan fingerprint density at radius 2 is 2.24 bits per heavy atom. The summed E-state index contributed by atoms with van der Waals surface area (Å²) in [5.74, 6) is -0.862. The summed E-state index contributed by atoms with van der Waals surface area (Å²) in [7, 11) is 0. The van der Waals surface area contributed by atoms with Gasteiger partial charge in [0.25, 0.3) is 0 Å². The lowest BCUT2D eigenvalue weighted by atomic mass is 10.2. The van der Waals surface area contributed by atoms with Crippen molar-refractivity contribution in [3.05, 3.63) is 49.7 Å². The summed E-state index contributed by atoms with van der Waals surface area (Å²) in [6.45, 7) is 0.533. The highest BCUT2D eigenvalue weighted by Crippen LogP contribution is 2.19. The van der Waals surface area contributed by atoms with E-state index in [0.29, 0.717) is 11.4 Å². The molecular weight excluding hydrogens is 349 g/mol. The molecular formula is C12H10INO2S. The Labute approximate surface area is 117 Å². The molecule has 5 heteroatoms. The summed E-state index contributed by atoms with van der Waals surface area (Å²) in [5, 5.41) is 14.0. The fourth-order valence-corrected chi connectivity index (χ4v) is 2.76. The van der Waals surface area contributed by atoms with Crippen LogP contribution >= 0.6 is 33.9 Å². The number of nitrogens with one attached hydrogen (secondary N) is 1. The number of halogens is 1. The second-order valence-corrected chi connectivity index (χ2v) is 5.61. The lowest BCUT2D eigenvalue weighted by molar-refractivity contribution is 0.0701. The van der Waals surface area contributed by atoms with Crippen molar-refractivity contribution in [3.63, 3.8) is 0 Å². The van der Waals surface area contributed by atoms with Gasteiger partial charge >= 0.3 is 5.97 Å². The number of carbonyl (C=O) groups is 1. The Hall–Kier alpha value is -1.08. The van der Waals surface area contributed by atoms with Gasteiger partial charge in [0.1, 0.15) is 4.88 Å². The Balaban J connectivity index is 2.07. The molecule has 0 saturated carbocycles. The van der Waals surface area contributed by atoms with Crippen molar-refractivity contribution in [1.29, 1.82) is 0 Å². The molecule has 0 atom stereocenters. The molecule has 0 saturated heterocycles. The third-order valence-corrected chi connectivity index (χ3v) is 3.86. The SMILES string of the molecule is O=C(O)c1sccc1CNc1cccc(I)c1. The van der Waals surface area contributed by atoms with E-state index < -0.39 is 5.97 Å². The molecule has 0 radical (unpaired) electrons. The van der Waals surface area contributed by atoms with Crippen LogP contribution < -0.4 is 5.32 Å². The van der Waals surface area contributed by atoms with Crippen molar-refractivity contribution in [2.24, 2.45) is 0 Å². The molecule has 2 rings (SSSR count). The fourth-order valence-electron chi connectivity index (χ4n) is 1.46. The molecule has 1 aromatic heterocycles. The molecule has 2 aromatic rings. The first-order chi connectivity index (χ1) is 8.16. The molecule has 0 spiro atoms. The van der Waals surface area contributed by atoms with Crippen LogP contribution in [0.5, 0.6) is 0 Å². The molecule has 88 valence electrons. The van der Waals surface area contributed by atoms with Crippen LogP contribution in [-0.4, -0.2) is 11.1 Å². The van der Waals surface area contributed by atoms with Gasteiger partial charge in [-0.3, -0.25) is 0 Å². The standard InChI is InChI=1S/C12H10INO2S/c13-9-2-1-3-10(6-9)14-7-8-4-5-17-11(8)12(15)16/h1-6,14H,7H2,(H,15,16). The highest BCUT2D eigenvalue weighted by Gasteiger charge is 2.10. The summed E-state index contributed by atoms with van der Waals surface area (Å²) < 4.78 is 1.15. The van der Waals surface area contributed by atoms with E-state index in [2.05, 4.69) is 27.9 Å². The first-order valence-corrected chi connectivity index (χ1v) is 6.92. The number of carboxylic acids is 1. The van der Waals surface area contributed by atoms with Crippen LogP contribution in [0, 0.1) is 3.57 Å². The maximum atomic E-state index is 10.9. The van der Waals surface area contributed by atoms with E-state index in [4.69, 9.17) is 5.11 Å². The molecule has 0 fully saturated rings. The van der Waals surface area contributed by atoms with Gasteiger partial charge in [0.2, 0.25) is 0 Å². The number of rotatable bonds is 4. The van der Waals surface area contributed by atoms with Crippen LogP contribution in [0.2, 0.25) is 0 Å². The zero-order valence-corrected chi connectivity index (χ0v) is 11.8.